The Morgan fingerprint density at radius 3 is 3.06 bits per heavy atom. The zero-order valence-electron chi connectivity index (χ0n) is 9.85. The van der Waals surface area contributed by atoms with Crippen LogP contribution < -0.4 is 4.90 Å². The summed E-state index contributed by atoms with van der Waals surface area (Å²) >= 11 is 6.20. The summed E-state index contributed by atoms with van der Waals surface area (Å²) in [6, 6.07) is 5.61. The fourth-order valence-electron chi connectivity index (χ4n) is 1.54. The van der Waals surface area contributed by atoms with Gasteiger partial charge in [0.05, 0.1) is 11.6 Å². The van der Waals surface area contributed by atoms with Crippen LogP contribution in [0.15, 0.2) is 24.4 Å². The first-order valence-electron chi connectivity index (χ1n) is 5.33. The van der Waals surface area contributed by atoms with Gasteiger partial charge < -0.3 is 9.64 Å². The van der Waals surface area contributed by atoms with Gasteiger partial charge in [-0.15, -0.1) is 0 Å². The zero-order valence-corrected chi connectivity index (χ0v) is 10.6. The van der Waals surface area contributed by atoms with Crippen molar-refractivity contribution in [1.29, 1.82) is 0 Å². The van der Waals surface area contributed by atoms with Crippen molar-refractivity contribution in [1.82, 2.24) is 9.97 Å². The van der Waals surface area contributed by atoms with Crippen LogP contribution in [0, 0.1) is 0 Å². The maximum absolute atomic E-state index is 6.20. The molecule has 2 rings (SSSR count). The SMILES string of the molecule is COCCN(C)c1cc(Cl)c2cccnc2n1. The van der Waals surface area contributed by atoms with Crippen molar-refractivity contribution in [2.45, 2.75) is 0 Å². The Kier molecular flexibility index (Phi) is 3.76. The van der Waals surface area contributed by atoms with Gasteiger partial charge in [-0.05, 0) is 12.1 Å². The minimum Gasteiger partial charge on any atom is -0.383 e. The number of rotatable bonds is 4. The summed E-state index contributed by atoms with van der Waals surface area (Å²) in [6.45, 7) is 1.41. The zero-order chi connectivity index (χ0) is 12.3. The number of likely N-dealkylation sites (N-methyl/N-ethyl adjacent to an activating group) is 1. The summed E-state index contributed by atoms with van der Waals surface area (Å²) in [5.74, 6) is 0.804. The van der Waals surface area contributed by atoms with E-state index in [1.54, 1.807) is 13.3 Å². The molecule has 17 heavy (non-hydrogen) atoms. The van der Waals surface area contributed by atoms with Crippen LogP contribution in [0.1, 0.15) is 0 Å². The summed E-state index contributed by atoms with van der Waals surface area (Å²) in [5.41, 5.74) is 0.666. The number of aromatic nitrogens is 2. The van der Waals surface area contributed by atoms with E-state index in [-0.39, 0.29) is 0 Å². The third-order valence-corrected chi connectivity index (χ3v) is 2.85. The van der Waals surface area contributed by atoms with Crippen molar-refractivity contribution in [3.63, 3.8) is 0 Å². The molecule has 0 radical (unpaired) electrons. The van der Waals surface area contributed by atoms with E-state index in [1.165, 1.54) is 0 Å². The van der Waals surface area contributed by atoms with E-state index in [1.807, 2.05) is 30.1 Å². The van der Waals surface area contributed by atoms with Crippen LogP contribution in [-0.4, -0.2) is 37.3 Å². The minimum absolute atomic E-state index is 0.649. The number of hydrogen-bond acceptors (Lipinski definition) is 4. The average molecular weight is 252 g/mol. The molecular formula is C12H14ClN3O. The molecule has 0 amide bonds. The lowest BCUT2D eigenvalue weighted by Gasteiger charge is -2.18. The highest BCUT2D eigenvalue weighted by Crippen LogP contribution is 2.24. The number of pyridine rings is 2. The van der Waals surface area contributed by atoms with Crippen molar-refractivity contribution in [3.05, 3.63) is 29.4 Å². The summed E-state index contributed by atoms with van der Waals surface area (Å²) in [7, 11) is 3.63. The molecule has 0 aliphatic rings. The fourth-order valence-corrected chi connectivity index (χ4v) is 1.79. The first kappa shape index (κ1) is 12.1. The molecule has 2 heterocycles. The quantitative estimate of drug-likeness (QED) is 0.836. The first-order chi connectivity index (χ1) is 8.22. The number of nitrogens with zero attached hydrogens (tertiary/aromatic N) is 3. The second-order valence-corrected chi connectivity index (χ2v) is 4.16. The maximum Gasteiger partial charge on any atom is 0.163 e. The van der Waals surface area contributed by atoms with Crippen LogP contribution in [0.2, 0.25) is 5.02 Å². The van der Waals surface area contributed by atoms with Crippen LogP contribution >= 0.6 is 11.6 Å². The normalized spacial score (nSPS) is 10.8. The van der Waals surface area contributed by atoms with E-state index in [0.717, 1.165) is 17.7 Å². The molecule has 4 nitrogen and oxygen atoms in total. The van der Waals surface area contributed by atoms with E-state index < -0.39 is 0 Å². The van der Waals surface area contributed by atoms with Crippen LogP contribution in [0.5, 0.6) is 0 Å². The molecule has 0 N–H and O–H groups in total. The molecule has 0 bridgehead atoms. The van der Waals surface area contributed by atoms with Gasteiger partial charge in [-0.3, -0.25) is 0 Å². The molecule has 90 valence electrons. The standard InChI is InChI=1S/C12H14ClN3O/c1-16(6-7-17-2)11-8-10(13)9-4-3-5-14-12(9)15-11/h3-5,8H,6-7H2,1-2H3. The maximum atomic E-state index is 6.20. The Balaban J connectivity index is 2.36. The summed E-state index contributed by atoms with van der Waals surface area (Å²) in [4.78, 5) is 10.7. The van der Waals surface area contributed by atoms with Crippen molar-refractivity contribution in [3.8, 4) is 0 Å². The number of anilines is 1. The smallest absolute Gasteiger partial charge is 0.163 e. The highest BCUT2D eigenvalue weighted by atomic mass is 35.5. The van der Waals surface area contributed by atoms with Gasteiger partial charge in [-0.1, -0.05) is 11.6 Å². The van der Waals surface area contributed by atoms with Gasteiger partial charge in [0.1, 0.15) is 5.82 Å². The van der Waals surface area contributed by atoms with Crippen LogP contribution in [0.4, 0.5) is 5.82 Å². The summed E-state index contributed by atoms with van der Waals surface area (Å²) in [6.07, 6.45) is 1.71. The van der Waals surface area contributed by atoms with E-state index in [4.69, 9.17) is 16.3 Å². The molecule has 0 fully saturated rings. The molecule has 0 atom stereocenters. The Morgan fingerprint density at radius 1 is 1.47 bits per heavy atom. The van der Waals surface area contributed by atoms with E-state index in [0.29, 0.717) is 17.3 Å². The van der Waals surface area contributed by atoms with Crippen LogP contribution in [0.3, 0.4) is 0 Å². The van der Waals surface area contributed by atoms with Gasteiger partial charge in [-0.25, -0.2) is 9.97 Å². The predicted octanol–water partition coefficient (Wildman–Crippen LogP) is 2.37. The number of halogens is 1. The second kappa shape index (κ2) is 5.29. The van der Waals surface area contributed by atoms with Crippen LogP contribution in [-0.2, 0) is 4.74 Å². The second-order valence-electron chi connectivity index (χ2n) is 3.75. The topological polar surface area (TPSA) is 38.2 Å². The molecule has 0 unspecified atom stereocenters. The Morgan fingerprint density at radius 2 is 2.29 bits per heavy atom. The average Bonchev–Trinajstić information content (AvgIpc) is 2.36. The number of ether oxygens (including phenoxy) is 1. The van der Waals surface area contributed by atoms with E-state index in [2.05, 4.69) is 9.97 Å². The highest BCUT2D eigenvalue weighted by Gasteiger charge is 2.07. The molecule has 0 aliphatic heterocycles. The van der Waals surface area contributed by atoms with Gasteiger partial charge >= 0.3 is 0 Å². The van der Waals surface area contributed by atoms with Crippen molar-refractivity contribution < 1.29 is 4.74 Å². The van der Waals surface area contributed by atoms with Gasteiger partial charge in [0.2, 0.25) is 0 Å². The molecule has 0 saturated carbocycles. The van der Waals surface area contributed by atoms with Gasteiger partial charge in [0.25, 0.3) is 0 Å². The lowest BCUT2D eigenvalue weighted by Crippen LogP contribution is -2.23. The predicted molar refractivity (Wildman–Crippen MR) is 69.7 cm³/mol. The molecule has 0 aromatic carbocycles. The van der Waals surface area contributed by atoms with Gasteiger partial charge in [0.15, 0.2) is 5.65 Å². The van der Waals surface area contributed by atoms with Crippen LogP contribution in [0.25, 0.3) is 11.0 Å². The van der Waals surface area contributed by atoms with Crippen molar-refractivity contribution in [2.24, 2.45) is 0 Å². The minimum atomic E-state index is 0.649. The van der Waals surface area contributed by atoms with Crippen molar-refractivity contribution >= 4 is 28.5 Å². The molecule has 2 aromatic rings. The van der Waals surface area contributed by atoms with Gasteiger partial charge in [-0.2, -0.15) is 0 Å². The summed E-state index contributed by atoms with van der Waals surface area (Å²) in [5, 5.41) is 1.54. The Hall–Kier alpha value is -1.39. The third kappa shape index (κ3) is 2.65. The van der Waals surface area contributed by atoms with E-state index in [9.17, 15) is 0 Å². The lowest BCUT2D eigenvalue weighted by molar-refractivity contribution is 0.206. The number of hydrogen-bond donors (Lipinski definition) is 0. The molecular weight excluding hydrogens is 238 g/mol. The molecule has 0 saturated heterocycles. The molecule has 0 spiro atoms. The monoisotopic (exact) mass is 251 g/mol. The summed E-state index contributed by atoms with van der Waals surface area (Å²) < 4.78 is 5.03. The fraction of sp³-hybridized carbons (Fsp3) is 0.333. The Bertz CT molecular complexity index is 518. The highest BCUT2D eigenvalue weighted by molar-refractivity contribution is 6.35. The number of fused-ring (bicyclic) bond motifs is 1. The number of methoxy groups -OCH3 is 1. The Labute approximate surface area is 105 Å². The molecule has 0 aliphatic carbocycles. The molecule has 2 aromatic heterocycles. The largest absolute Gasteiger partial charge is 0.383 e. The third-order valence-electron chi connectivity index (χ3n) is 2.54. The van der Waals surface area contributed by atoms with E-state index >= 15 is 0 Å². The van der Waals surface area contributed by atoms with Crippen molar-refractivity contribution in [2.75, 3.05) is 32.2 Å². The first-order valence-corrected chi connectivity index (χ1v) is 5.71. The van der Waals surface area contributed by atoms with Gasteiger partial charge in [0, 0.05) is 38.4 Å². The molecule has 5 heteroatoms. The lowest BCUT2D eigenvalue weighted by atomic mass is 10.3.